The highest BCUT2D eigenvalue weighted by atomic mass is 32.1. The van der Waals surface area contributed by atoms with Crippen LogP contribution in [-0.2, 0) is 6.54 Å². The minimum absolute atomic E-state index is 0.000414. The number of hydrogen-bond donors (Lipinski definition) is 2. The fraction of sp³-hybridized carbons (Fsp3) is 0.0769. The first-order valence-corrected chi connectivity index (χ1v) is 11.5. The van der Waals surface area contributed by atoms with Crippen molar-refractivity contribution in [1.29, 1.82) is 0 Å². The maximum atomic E-state index is 13.1. The lowest BCUT2D eigenvalue weighted by atomic mass is 10.0. The van der Waals surface area contributed by atoms with Gasteiger partial charge in [-0.3, -0.25) is 24.1 Å². The molecule has 8 nitrogen and oxygen atoms in total. The third kappa shape index (κ3) is 3.91. The van der Waals surface area contributed by atoms with Crippen LogP contribution < -0.4 is 11.1 Å². The number of amides is 4. The van der Waals surface area contributed by atoms with Gasteiger partial charge < -0.3 is 15.5 Å². The van der Waals surface area contributed by atoms with Crippen LogP contribution in [0.15, 0.2) is 71.3 Å². The number of rotatable bonds is 6. The Morgan fingerprint density at radius 2 is 1.74 bits per heavy atom. The number of fused-ring (bicyclic) bond motifs is 1. The summed E-state index contributed by atoms with van der Waals surface area (Å²) in [6.07, 6.45) is 1.46. The molecule has 0 spiro atoms. The van der Waals surface area contributed by atoms with Crippen molar-refractivity contribution in [2.45, 2.75) is 13.5 Å². The maximum absolute atomic E-state index is 13.1. The number of hydrogen-bond acceptors (Lipinski definition) is 6. The zero-order valence-electron chi connectivity index (χ0n) is 18.5. The van der Waals surface area contributed by atoms with E-state index in [0.717, 1.165) is 15.3 Å². The largest absolute Gasteiger partial charge is 0.467 e. The number of anilines is 1. The number of carbonyl (C=O) groups is 4. The number of nitrogens with one attached hydrogen (secondary N) is 1. The minimum Gasteiger partial charge on any atom is -0.467 e. The summed E-state index contributed by atoms with van der Waals surface area (Å²) in [4.78, 5) is 52.9. The second-order valence-corrected chi connectivity index (χ2v) is 9.18. The Hall–Kier alpha value is -4.50. The molecule has 1 aliphatic heterocycles. The molecule has 174 valence electrons. The molecule has 0 bridgehead atoms. The van der Waals surface area contributed by atoms with Gasteiger partial charge in [0.2, 0.25) is 0 Å². The number of benzene rings is 2. The molecule has 1 aliphatic rings. The highest BCUT2D eigenvalue weighted by molar-refractivity contribution is 7.17. The molecule has 4 aromatic rings. The summed E-state index contributed by atoms with van der Waals surface area (Å²) in [7, 11) is 0. The van der Waals surface area contributed by atoms with Crippen LogP contribution in [0.2, 0.25) is 0 Å². The molecular formula is C26H19N3O5S. The Balaban J connectivity index is 1.44. The molecule has 5 rings (SSSR count). The molecule has 9 heteroatoms. The lowest BCUT2D eigenvalue weighted by Crippen LogP contribution is -2.28. The van der Waals surface area contributed by atoms with E-state index < -0.39 is 23.6 Å². The summed E-state index contributed by atoms with van der Waals surface area (Å²) in [6.45, 7) is 1.85. The van der Waals surface area contributed by atoms with Gasteiger partial charge in [0.05, 0.1) is 29.5 Å². The molecule has 0 aliphatic carbocycles. The maximum Gasteiger partial charge on any atom is 0.261 e. The molecule has 0 fully saturated rings. The van der Waals surface area contributed by atoms with Gasteiger partial charge in [-0.05, 0) is 42.8 Å². The Morgan fingerprint density at radius 1 is 1.00 bits per heavy atom. The number of nitrogens with zero attached hydrogens (tertiary/aromatic N) is 1. The van der Waals surface area contributed by atoms with Crippen LogP contribution in [0.3, 0.4) is 0 Å². The molecule has 35 heavy (non-hydrogen) atoms. The second-order valence-electron chi connectivity index (χ2n) is 7.96. The van der Waals surface area contributed by atoms with E-state index in [1.54, 1.807) is 12.1 Å². The number of thiophene rings is 1. The molecule has 2 aromatic carbocycles. The van der Waals surface area contributed by atoms with Crippen LogP contribution in [0, 0.1) is 6.92 Å². The van der Waals surface area contributed by atoms with E-state index in [1.165, 1.54) is 35.8 Å². The predicted molar refractivity (Wildman–Crippen MR) is 130 cm³/mol. The average Bonchev–Trinajstić information content (AvgIpc) is 3.54. The molecular weight excluding hydrogens is 466 g/mol. The lowest BCUT2D eigenvalue weighted by molar-refractivity contribution is 0.0631. The van der Waals surface area contributed by atoms with E-state index in [-0.39, 0.29) is 28.8 Å². The van der Waals surface area contributed by atoms with Crippen molar-refractivity contribution < 1.29 is 23.6 Å². The van der Waals surface area contributed by atoms with Crippen LogP contribution in [0.25, 0.3) is 11.1 Å². The van der Waals surface area contributed by atoms with Crippen LogP contribution in [-0.4, -0.2) is 28.5 Å². The Morgan fingerprint density at radius 3 is 2.43 bits per heavy atom. The molecule has 4 amide bonds. The fourth-order valence-electron chi connectivity index (χ4n) is 4.13. The van der Waals surface area contributed by atoms with Crippen LogP contribution in [0.5, 0.6) is 0 Å². The van der Waals surface area contributed by atoms with Crippen LogP contribution in [0.1, 0.15) is 52.1 Å². The molecule has 0 radical (unpaired) electrons. The van der Waals surface area contributed by atoms with Crippen molar-refractivity contribution in [3.8, 4) is 11.1 Å². The number of primary amides is 1. The average molecular weight is 486 g/mol. The van der Waals surface area contributed by atoms with Gasteiger partial charge in [-0.1, -0.05) is 30.3 Å². The van der Waals surface area contributed by atoms with E-state index in [0.29, 0.717) is 16.3 Å². The molecule has 3 heterocycles. The van der Waals surface area contributed by atoms with Gasteiger partial charge in [0.1, 0.15) is 10.8 Å². The summed E-state index contributed by atoms with van der Waals surface area (Å²) in [5.41, 5.74) is 7.91. The van der Waals surface area contributed by atoms with E-state index in [1.807, 2.05) is 37.3 Å². The van der Waals surface area contributed by atoms with Crippen molar-refractivity contribution in [2.75, 3.05) is 5.32 Å². The number of nitrogens with two attached hydrogens (primary N) is 1. The van der Waals surface area contributed by atoms with Gasteiger partial charge in [0, 0.05) is 16.0 Å². The third-order valence-electron chi connectivity index (χ3n) is 5.75. The van der Waals surface area contributed by atoms with Crippen molar-refractivity contribution in [1.82, 2.24) is 4.90 Å². The van der Waals surface area contributed by atoms with E-state index in [2.05, 4.69) is 5.32 Å². The Labute approximate surface area is 204 Å². The molecule has 0 unspecified atom stereocenters. The quantitative estimate of drug-likeness (QED) is 0.390. The van der Waals surface area contributed by atoms with E-state index in [4.69, 9.17) is 10.2 Å². The van der Waals surface area contributed by atoms with Gasteiger partial charge in [0.25, 0.3) is 23.6 Å². The van der Waals surface area contributed by atoms with Gasteiger partial charge >= 0.3 is 0 Å². The van der Waals surface area contributed by atoms with Crippen molar-refractivity contribution >= 4 is 40.0 Å². The summed E-state index contributed by atoms with van der Waals surface area (Å²) >= 11 is 1.24. The first-order valence-electron chi connectivity index (χ1n) is 10.7. The standard InChI is InChI=1S/C26H19N3O5S/c1-14-20(15-6-3-2-4-7-15)21(22(27)30)24(35-14)28-23(31)16-9-10-18-19(12-16)26(33)29(25(18)32)13-17-8-5-11-34-17/h2-12H,13H2,1H3,(H2,27,30)(H,28,31). The first-order chi connectivity index (χ1) is 16.8. The topological polar surface area (TPSA) is 123 Å². The summed E-state index contributed by atoms with van der Waals surface area (Å²) in [6, 6.07) is 17.0. The van der Waals surface area contributed by atoms with Gasteiger partial charge in [-0.2, -0.15) is 0 Å². The number of aryl methyl sites for hydroxylation is 1. The summed E-state index contributed by atoms with van der Waals surface area (Å²) < 4.78 is 5.25. The second kappa shape index (κ2) is 8.69. The summed E-state index contributed by atoms with van der Waals surface area (Å²) in [5, 5.41) is 3.08. The van der Waals surface area contributed by atoms with Crippen molar-refractivity contribution in [3.63, 3.8) is 0 Å². The van der Waals surface area contributed by atoms with Gasteiger partial charge in [-0.15, -0.1) is 11.3 Å². The lowest BCUT2D eigenvalue weighted by Gasteiger charge is -2.11. The highest BCUT2D eigenvalue weighted by Gasteiger charge is 2.36. The van der Waals surface area contributed by atoms with Crippen molar-refractivity contribution in [2.24, 2.45) is 5.73 Å². The Kier molecular flexibility index (Phi) is 5.54. The minimum atomic E-state index is -0.660. The highest BCUT2D eigenvalue weighted by Crippen LogP contribution is 2.40. The molecule has 0 saturated carbocycles. The first kappa shape index (κ1) is 22.3. The zero-order valence-corrected chi connectivity index (χ0v) is 19.3. The molecule has 0 saturated heterocycles. The van der Waals surface area contributed by atoms with Gasteiger partial charge in [0.15, 0.2) is 0 Å². The van der Waals surface area contributed by atoms with Crippen LogP contribution >= 0.6 is 11.3 Å². The number of furan rings is 1. The molecule has 2 aromatic heterocycles. The van der Waals surface area contributed by atoms with E-state index in [9.17, 15) is 19.2 Å². The SMILES string of the molecule is Cc1sc(NC(=O)c2ccc3c(c2)C(=O)N(Cc2ccco2)C3=O)c(C(N)=O)c1-c1ccccc1. The Bertz CT molecular complexity index is 1490. The zero-order chi connectivity index (χ0) is 24.7. The monoisotopic (exact) mass is 485 g/mol. The molecule has 0 atom stereocenters. The number of imide groups is 1. The van der Waals surface area contributed by atoms with E-state index >= 15 is 0 Å². The predicted octanol–water partition coefficient (Wildman–Crippen LogP) is 4.46. The molecule has 3 N–H and O–H groups in total. The van der Waals surface area contributed by atoms with Gasteiger partial charge in [-0.25, -0.2) is 0 Å². The van der Waals surface area contributed by atoms with Crippen molar-refractivity contribution in [3.05, 3.63) is 99.8 Å². The summed E-state index contributed by atoms with van der Waals surface area (Å²) in [5.74, 6) is -1.68. The number of carbonyl (C=O) groups excluding carboxylic acids is 4. The smallest absolute Gasteiger partial charge is 0.261 e. The third-order valence-corrected chi connectivity index (χ3v) is 6.77. The fourth-order valence-corrected chi connectivity index (χ4v) is 5.21. The normalized spacial score (nSPS) is 12.7. The van der Waals surface area contributed by atoms with Crippen LogP contribution in [0.4, 0.5) is 5.00 Å².